The fourth-order valence-electron chi connectivity index (χ4n) is 1.06. The second kappa shape index (κ2) is 5.71. The van der Waals surface area contributed by atoms with E-state index in [1.807, 2.05) is 6.92 Å². The zero-order valence-corrected chi connectivity index (χ0v) is 9.23. The van der Waals surface area contributed by atoms with E-state index >= 15 is 0 Å². The molecule has 0 saturated carbocycles. The van der Waals surface area contributed by atoms with E-state index in [1.165, 1.54) is 13.2 Å². The molecular formula is C11H13N3O2. The molecule has 1 N–H and O–H groups in total. The van der Waals surface area contributed by atoms with Crippen LogP contribution < -0.4 is 5.32 Å². The lowest BCUT2D eigenvalue weighted by molar-refractivity contribution is 0.0593. The van der Waals surface area contributed by atoms with Gasteiger partial charge in [-0.2, -0.15) is 0 Å². The first-order valence-electron chi connectivity index (χ1n) is 4.86. The molecule has 84 valence electrons. The van der Waals surface area contributed by atoms with Gasteiger partial charge in [0.15, 0.2) is 5.69 Å². The summed E-state index contributed by atoms with van der Waals surface area (Å²) in [6.45, 7) is 1.97. The van der Waals surface area contributed by atoms with Crippen LogP contribution in [0.3, 0.4) is 0 Å². The monoisotopic (exact) mass is 219 g/mol. The lowest BCUT2D eigenvalue weighted by atomic mass is 10.2. The molecule has 0 spiro atoms. The summed E-state index contributed by atoms with van der Waals surface area (Å²) in [5, 5.41) is 10.5. The number of anilines is 1. The van der Waals surface area contributed by atoms with Crippen molar-refractivity contribution in [3.05, 3.63) is 17.8 Å². The van der Waals surface area contributed by atoms with Crippen LogP contribution in [0, 0.1) is 12.3 Å². The fraction of sp³-hybridized carbons (Fsp3) is 0.364. The Balaban J connectivity index is 2.72. The normalized spacial score (nSPS) is 11.3. The first-order valence-corrected chi connectivity index (χ1v) is 4.86. The van der Waals surface area contributed by atoms with Crippen molar-refractivity contribution in [1.29, 1.82) is 0 Å². The molecule has 1 atom stereocenters. The highest BCUT2D eigenvalue weighted by atomic mass is 16.5. The zero-order chi connectivity index (χ0) is 12.0. The number of hydrogen-bond donors (Lipinski definition) is 1. The highest BCUT2D eigenvalue weighted by Crippen LogP contribution is 2.05. The number of aromatic nitrogens is 2. The molecule has 1 rings (SSSR count). The maximum absolute atomic E-state index is 11.1. The molecule has 1 heterocycles. The lowest BCUT2D eigenvalue weighted by Gasteiger charge is -2.10. The van der Waals surface area contributed by atoms with Gasteiger partial charge in [0.25, 0.3) is 0 Å². The number of methoxy groups -OCH3 is 1. The van der Waals surface area contributed by atoms with Crippen LogP contribution in [0.1, 0.15) is 23.8 Å². The van der Waals surface area contributed by atoms with Gasteiger partial charge in [-0.05, 0) is 18.6 Å². The Bertz CT molecular complexity index is 395. The van der Waals surface area contributed by atoms with Crippen molar-refractivity contribution >= 4 is 11.8 Å². The number of esters is 1. The van der Waals surface area contributed by atoms with E-state index in [0.717, 1.165) is 6.42 Å². The number of carbonyl (C=O) groups excluding carboxylic acids is 1. The summed E-state index contributed by atoms with van der Waals surface area (Å²) >= 11 is 0. The van der Waals surface area contributed by atoms with Crippen molar-refractivity contribution < 1.29 is 9.53 Å². The summed E-state index contributed by atoms with van der Waals surface area (Å²) < 4.78 is 4.51. The van der Waals surface area contributed by atoms with Crippen LogP contribution >= 0.6 is 0 Å². The predicted octanol–water partition coefficient (Wildman–Crippen LogP) is 1.09. The Labute approximate surface area is 94.2 Å². The molecule has 0 bridgehead atoms. The molecule has 0 amide bonds. The minimum absolute atomic E-state index is 0.0849. The molecule has 0 aliphatic rings. The Kier molecular flexibility index (Phi) is 4.28. The topological polar surface area (TPSA) is 64.1 Å². The van der Waals surface area contributed by atoms with Crippen LogP contribution in [-0.4, -0.2) is 29.3 Å². The van der Waals surface area contributed by atoms with Crippen molar-refractivity contribution in [1.82, 2.24) is 10.2 Å². The Morgan fingerprint density at radius 2 is 2.38 bits per heavy atom. The molecular weight excluding hydrogens is 206 g/mol. The molecule has 5 nitrogen and oxygen atoms in total. The summed E-state index contributed by atoms with van der Waals surface area (Å²) in [4.78, 5) is 11.1. The minimum atomic E-state index is -0.511. The third kappa shape index (κ3) is 2.95. The van der Waals surface area contributed by atoms with Crippen LogP contribution in [0.5, 0.6) is 0 Å². The smallest absolute Gasteiger partial charge is 0.358 e. The number of hydrogen-bond acceptors (Lipinski definition) is 5. The Hall–Kier alpha value is -2.09. The quantitative estimate of drug-likeness (QED) is 0.606. The maximum atomic E-state index is 11.1. The number of nitrogens with one attached hydrogen (secondary N) is 1. The van der Waals surface area contributed by atoms with Crippen LogP contribution in [0.25, 0.3) is 0 Å². The van der Waals surface area contributed by atoms with Crippen molar-refractivity contribution in [2.24, 2.45) is 0 Å². The lowest BCUT2D eigenvalue weighted by Crippen LogP contribution is -2.17. The number of ether oxygens (including phenoxy) is 1. The molecule has 0 radical (unpaired) electrons. The standard InChI is InChI=1S/C11H13N3O2/c1-4-8(5-2)12-10-7-6-9(13-14-10)11(15)16-3/h1,6-8H,5H2,2-3H3,(H,12,14). The van der Waals surface area contributed by atoms with Crippen molar-refractivity contribution in [2.45, 2.75) is 19.4 Å². The van der Waals surface area contributed by atoms with E-state index in [2.05, 4.69) is 26.2 Å². The van der Waals surface area contributed by atoms with Crippen molar-refractivity contribution in [2.75, 3.05) is 12.4 Å². The molecule has 1 aromatic rings. The number of carbonyl (C=O) groups is 1. The number of terminal acetylenes is 1. The van der Waals surface area contributed by atoms with Gasteiger partial charge in [0, 0.05) is 0 Å². The van der Waals surface area contributed by atoms with Crippen molar-refractivity contribution in [3.8, 4) is 12.3 Å². The third-order valence-electron chi connectivity index (χ3n) is 1.99. The summed E-state index contributed by atoms with van der Waals surface area (Å²) in [5.74, 6) is 2.61. The average molecular weight is 219 g/mol. The molecule has 0 aliphatic heterocycles. The van der Waals surface area contributed by atoms with Crippen molar-refractivity contribution in [3.63, 3.8) is 0 Å². The van der Waals surface area contributed by atoms with Crippen LogP contribution in [0.4, 0.5) is 5.82 Å². The summed E-state index contributed by atoms with van der Waals surface area (Å²) in [5.41, 5.74) is 0.168. The van der Waals surface area contributed by atoms with Gasteiger partial charge in [-0.25, -0.2) is 4.79 Å². The predicted molar refractivity (Wildman–Crippen MR) is 59.9 cm³/mol. The average Bonchev–Trinajstić information content (AvgIpc) is 2.35. The molecule has 1 aromatic heterocycles. The highest BCUT2D eigenvalue weighted by molar-refractivity contribution is 5.86. The Morgan fingerprint density at radius 3 is 2.81 bits per heavy atom. The first-order chi connectivity index (χ1) is 7.71. The van der Waals surface area contributed by atoms with Crippen LogP contribution in [0.2, 0.25) is 0 Å². The summed E-state index contributed by atoms with van der Waals surface area (Å²) in [6, 6.07) is 3.09. The molecule has 0 aliphatic carbocycles. The third-order valence-corrected chi connectivity index (χ3v) is 1.99. The van der Waals surface area contributed by atoms with Crippen LogP contribution in [0.15, 0.2) is 12.1 Å². The molecule has 0 aromatic carbocycles. The van der Waals surface area contributed by atoms with Gasteiger partial charge >= 0.3 is 5.97 Å². The van der Waals surface area contributed by atoms with Gasteiger partial charge in [0.1, 0.15) is 5.82 Å². The van der Waals surface area contributed by atoms with Crippen LogP contribution in [-0.2, 0) is 4.74 Å². The van der Waals surface area contributed by atoms with E-state index < -0.39 is 5.97 Å². The van der Waals surface area contributed by atoms with Gasteiger partial charge in [0.05, 0.1) is 13.2 Å². The summed E-state index contributed by atoms with van der Waals surface area (Å²) in [6.07, 6.45) is 6.08. The molecule has 1 unspecified atom stereocenters. The van der Waals surface area contributed by atoms with E-state index in [9.17, 15) is 4.79 Å². The van der Waals surface area contributed by atoms with Gasteiger partial charge in [0.2, 0.25) is 0 Å². The summed E-state index contributed by atoms with van der Waals surface area (Å²) in [7, 11) is 1.29. The minimum Gasteiger partial charge on any atom is -0.464 e. The van der Waals surface area contributed by atoms with Gasteiger partial charge in [-0.1, -0.05) is 12.8 Å². The van der Waals surface area contributed by atoms with E-state index in [-0.39, 0.29) is 11.7 Å². The largest absolute Gasteiger partial charge is 0.464 e. The first kappa shape index (κ1) is 12.0. The van der Waals surface area contributed by atoms with Gasteiger partial charge in [-0.15, -0.1) is 16.6 Å². The molecule has 0 saturated heterocycles. The maximum Gasteiger partial charge on any atom is 0.358 e. The Morgan fingerprint density at radius 1 is 1.62 bits per heavy atom. The number of rotatable bonds is 4. The second-order valence-corrected chi connectivity index (χ2v) is 3.07. The van der Waals surface area contributed by atoms with E-state index in [1.54, 1.807) is 6.07 Å². The number of nitrogens with zero attached hydrogens (tertiary/aromatic N) is 2. The molecule has 5 heteroatoms. The van der Waals surface area contributed by atoms with Gasteiger partial charge < -0.3 is 10.1 Å². The SMILES string of the molecule is C#CC(CC)Nc1ccc(C(=O)OC)nn1. The van der Waals surface area contributed by atoms with E-state index in [4.69, 9.17) is 6.42 Å². The van der Waals surface area contributed by atoms with E-state index in [0.29, 0.717) is 5.82 Å². The molecule has 16 heavy (non-hydrogen) atoms. The highest BCUT2D eigenvalue weighted by Gasteiger charge is 2.08. The molecule has 0 fully saturated rings. The fourth-order valence-corrected chi connectivity index (χ4v) is 1.06. The van der Waals surface area contributed by atoms with Gasteiger partial charge in [-0.3, -0.25) is 0 Å². The second-order valence-electron chi connectivity index (χ2n) is 3.07. The zero-order valence-electron chi connectivity index (χ0n) is 9.23.